The molecular formula is C11H11NO4. The number of benzene rings is 1. The number of nitrogens with two attached hydrogens (primary N) is 1. The van der Waals surface area contributed by atoms with E-state index in [2.05, 4.69) is 0 Å². The highest BCUT2D eigenvalue weighted by Gasteiger charge is 2.19. The van der Waals surface area contributed by atoms with Crippen molar-refractivity contribution in [3.05, 3.63) is 23.8 Å². The molecule has 2 N–H and O–H groups in total. The number of ether oxygens (including phenoxy) is 3. The van der Waals surface area contributed by atoms with Crippen molar-refractivity contribution in [3.8, 4) is 17.2 Å². The third-order valence-electron chi connectivity index (χ3n) is 2.12. The quantitative estimate of drug-likeness (QED) is 0.770. The molecule has 1 aromatic rings. The van der Waals surface area contributed by atoms with E-state index in [1.165, 1.54) is 6.08 Å². The van der Waals surface area contributed by atoms with Gasteiger partial charge in [0.25, 0.3) is 0 Å². The number of hydrogen-bond donors (Lipinski definition) is 1. The third kappa shape index (κ3) is 1.93. The van der Waals surface area contributed by atoms with Gasteiger partial charge in [-0.05, 0) is 23.8 Å². The van der Waals surface area contributed by atoms with Crippen LogP contribution in [0.2, 0.25) is 0 Å². The lowest BCUT2D eigenvalue weighted by Crippen LogP contribution is -2.05. The fourth-order valence-corrected chi connectivity index (χ4v) is 1.42. The van der Waals surface area contributed by atoms with Crippen LogP contribution >= 0.6 is 0 Å². The van der Waals surface area contributed by atoms with Gasteiger partial charge in [0.2, 0.25) is 18.4 Å². The van der Waals surface area contributed by atoms with E-state index >= 15 is 0 Å². The fourth-order valence-electron chi connectivity index (χ4n) is 1.42. The first-order chi connectivity index (χ1) is 7.70. The van der Waals surface area contributed by atoms with Crippen molar-refractivity contribution < 1.29 is 19.0 Å². The standard InChI is InChI=1S/C11H11NO4/c1-14-8-4-7(2-3-10(12)13)5-9-11(8)16-6-15-9/h2-5H,6H2,1H3,(H2,12,13)/b3-2+. The average molecular weight is 221 g/mol. The van der Waals surface area contributed by atoms with E-state index in [4.69, 9.17) is 19.9 Å². The minimum Gasteiger partial charge on any atom is -0.493 e. The molecular weight excluding hydrogens is 210 g/mol. The molecule has 0 saturated heterocycles. The zero-order valence-corrected chi connectivity index (χ0v) is 8.73. The zero-order valence-electron chi connectivity index (χ0n) is 8.73. The van der Waals surface area contributed by atoms with Gasteiger partial charge >= 0.3 is 0 Å². The molecule has 0 fully saturated rings. The van der Waals surface area contributed by atoms with Crippen molar-refractivity contribution in [2.24, 2.45) is 5.73 Å². The minimum atomic E-state index is -0.503. The van der Waals surface area contributed by atoms with Crippen molar-refractivity contribution in [2.45, 2.75) is 0 Å². The molecule has 0 aromatic heterocycles. The summed E-state index contributed by atoms with van der Waals surface area (Å²) in [4.78, 5) is 10.6. The third-order valence-corrected chi connectivity index (χ3v) is 2.12. The molecule has 0 saturated carbocycles. The van der Waals surface area contributed by atoms with Gasteiger partial charge < -0.3 is 19.9 Å². The van der Waals surface area contributed by atoms with Gasteiger partial charge in [-0.25, -0.2) is 0 Å². The van der Waals surface area contributed by atoms with Crippen LogP contribution in [-0.2, 0) is 4.79 Å². The number of fused-ring (bicyclic) bond motifs is 1. The average Bonchev–Trinajstić information content (AvgIpc) is 2.73. The lowest BCUT2D eigenvalue weighted by molar-refractivity contribution is -0.113. The Kier molecular flexibility index (Phi) is 2.68. The summed E-state index contributed by atoms with van der Waals surface area (Å²) in [5.41, 5.74) is 5.77. The van der Waals surface area contributed by atoms with Crippen LogP contribution in [0, 0.1) is 0 Å². The second kappa shape index (κ2) is 4.14. The molecule has 1 amide bonds. The lowest BCUT2D eigenvalue weighted by atomic mass is 10.1. The first-order valence-corrected chi connectivity index (χ1v) is 4.66. The SMILES string of the molecule is COc1cc(/C=C/C(N)=O)cc2c1OCO2. The summed E-state index contributed by atoms with van der Waals surface area (Å²) in [5.74, 6) is 1.25. The van der Waals surface area contributed by atoms with Crippen LogP contribution in [0.5, 0.6) is 17.2 Å². The molecule has 0 radical (unpaired) electrons. The Hall–Kier alpha value is -2.17. The van der Waals surface area contributed by atoms with Crippen LogP contribution in [0.15, 0.2) is 18.2 Å². The number of methoxy groups -OCH3 is 1. The van der Waals surface area contributed by atoms with Gasteiger partial charge in [0.05, 0.1) is 7.11 Å². The van der Waals surface area contributed by atoms with Gasteiger partial charge in [0.1, 0.15) is 0 Å². The van der Waals surface area contributed by atoms with Crippen molar-refractivity contribution in [2.75, 3.05) is 13.9 Å². The Balaban J connectivity index is 2.38. The summed E-state index contributed by atoms with van der Waals surface area (Å²) in [7, 11) is 1.54. The molecule has 84 valence electrons. The van der Waals surface area contributed by atoms with E-state index in [0.29, 0.717) is 17.2 Å². The number of carbonyl (C=O) groups excluding carboxylic acids is 1. The smallest absolute Gasteiger partial charge is 0.241 e. The van der Waals surface area contributed by atoms with Gasteiger partial charge in [-0.15, -0.1) is 0 Å². The van der Waals surface area contributed by atoms with Gasteiger partial charge in [-0.3, -0.25) is 4.79 Å². The Morgan fingerprint density at radius 1 is 1.50 bits per heavy atom. The molecule has 5 nitrogen and oxygen atoms in total. The summed E-state index contributed by atoms with van der Waals surface area (Å²) < 4.78 is 15.6. The van der Waals surface area contributed by atoms with Gasteiger partial charge in [0, 0.05) is 6.08 Å². The Morgan fingerprint density at radius 3 is 3.00 bits per heavy atom. The molecule has 5 heteroatoms. The molecule has 0 spiro atoms. The van der Waals surface area contributed by atoms with Crippen LogP contribution < -0.4 is 19.9 Å². The molecule has 0 aliphatic carbocycles. The number of carbonyl (C=O) groups is 1. The lowest BCUT2D eigenvalue weighted by Gasteiger charge is -2.05. The Labute approximate surface area is 92.4 Å². The summed E-state index contributed by atoms with van der Waals surface area (Å²) >= 11 is 0. The van der Waals surface area contributed by atoms with E-state index in [1.54, 1.807) is 25.3 Å². The molecule has 0 bridgehead atoms. The van der Waals surface area contributed by atoms with E-state index < -0.39 is 5.91 Å². The van der Waals surface area contributed by atoms with E-state index in [0.717, 1.165) is 5.56 Å². The highest BCUT2D eigenvalue weighted by atomic mass is 16.7. The summed E-state index contributed by atoms with van der Waals surface area (Å²) in [6, 6.07) is 3.50. The number of amides is 1. The summed E-state index contributed by atoms with van der Waals surface area (Å²) in [5, 5.41) is 0. The predicted octanol–water partition coefficient (Wildman–Crippen LogP) is 0.922. The Morgan fingerprint density at radius 2 is 2.31 bits per heavy atom. The zero-order chi connectivity index (χ0) is 11.5. The van der Waals surface area contributed by atoms with Crippen LogP contribution in [-0.4, -0.2) is 19.8 Å². The molecule has 1 aliphatic rings. The summed E-state index contributed by atoms with van der Waals surface area (Å²) in [6.45, 7) is 0.175. The van der Waals surface area contributed by atoms with Gasteiger partial charge in [-0.2, -0.15) is 0 Å². The number of rotatable bonds is 3. The highest BCUT2D eigenvalue weighted by Crippen LogP contribution is 2.41. The van der Waals surface area contributed by atoms with Crippen LogP contribution in [0.4, 0.5) is 0 Å². The summed E-state index contributed by atoms with van der Waals surface area (Å²) in [6.07, 6.45) is 2.86. The molecule has 16 heavy (non-hydrogen) atoms. The number of primary amides is 1. The van der Waals surface area contributed by atoms with Crippen LogP contribution in [0.3, 0.4) is 0 Å². The first-order valence-electron chi connectivity index (χ1n) is 4.66. The molecule has 0 atom stereocenters. The van der Waals surface area contributed by atoms with Crippen LogP contribution in [0.1, 0.15) is 5.56 Å². The predicted molar refractivity (Wildman–Crippen MR) is 57.3 cm³/mol. The van der Waals surface area contributed by atoms with Gasteiger partial charge in [-0.1, -0.05) is 0 Å². The molecule has 1 heterocycles. The normalized spacial score (nSPS) is 13.1. The fraction of sp³-hybridized carbons (Fsp3) is 0.182. The van der Waals surface area contributed by atoms with Crippen molar-refractivity contribution >= 4 is 12.0 Å². The topological polar surface area (TPSA) is 70.8 Å². The highest BCUT2D eigenvalue weighted by molar-refractivity contribution is 5.90. The van der Waals surface area contributed by atoms with E-state index in [-0.39, 0.29) is 6.79 Å². The molecule has 0 unspecified atom stereocenters. The van der Waals surface area contributed by atoms with E-state index in [1.807, 2.05) is 0 Å². The van der Waals surface area contributed by atoms with Crippen LogP contribution in [0.25, 0.3) is 6.08 Å². The van der Waals surface area contributed by atoms with Crippen molar-refractivity contribution in [3.63, 3.8) is 0 Å². The first kappa shape index (κ1) is 10.4. The second-order valence-corrected chi connectivity index (χ2v) is 3.19. The van der Waals surface area contributed by atoms with Crippen molar-refractivity contribution in [1.82, 2.24) is 0 Å². The maximum Gasteiger partial charge on any atom is 0.241 e. The van der Waals surface area contributed by atoms with E-state index in [9.17, 15) is 4.79 Å². The minimum absolute atomic E-state index is 0.175. The largest absolute Gasteiger partial charge is 0.493 e. The Bertz CT molecular complexity index is 454. The second-order valence-electron chi connectivity index (χ2n) is 3.19. The number of hydrogen-bond acceptors (Lipinski definition) is 4. The molecule has 1 aliphatic heterocycles. The van der Waals surface area contributed by atoms with Crippen molar-refractivity contribution in [1.29, 1.82) is 0 Å². The van der Waals surface area contributed by atoms with Gasteiger partial charge in [0.15, 0.2) is 11.5 Å². The molecule has 1 aromatic carbocycles. The monoisotopic (exact) mass is 221 g/mol. The molecule has 2 rings (SSSR count). The maximum absolute atomic E-state index is 10.6. The maximum atomic E-state index is 10.6.